The van der Waals surface area contributed by atoms with Gasteiger partial charge in [-0.05, 0) is 65.6 Å². The van der Waals surface area contributed by atoms with Crippen LogP contribution in [0.3, 0.4) is 0 Å². The number of guanidine groups is 1. The smallest absolute Gasteiger partial charge is 0.410 e. The van der Waals surface area contributed by atoms with Gasteiger partial charge in [0, 0.05) is 32.7 Å². The van der Waals surface area contributed by atoms with Crippen LogP contribution in [-0.2, 0) is 4.74 Å². The summed E-state index contributed by atoms with van der Waals surface area (Å²) in [6, 6.07) is 0. The molecule has 2 aliphatic heterocycles. The van der Waals surface area contributed by atoms with E-state index in [0.29, 0.717) is 32.1 Å². The van der Waals surface area contributed by atoms with Crippen LogP contribution in [0.4, 0.5) is 4.79 Å². The van der Waals surface area contributed by atoms with Crippen molar-refractivity contribution in [3.63, 3.8) is 0 Å². The molecule has 0 radical (unpaired) electrons. The van der Waals surface area contributed by atoms with Crippen LogP contribution in [0.15, 0.2) is 4.99 Å². The number of rotatable bonds is 4. The van der Waals surface area contributed by atoms with Gasteiger partial charge in [-0.15, -0.1) is 24.0 Å². The number of piperazine rings is 1. The zero-order valence-corrected chi connectivity index (χ0v) is 19.8. The van der Waals surface area contributed by atoms with E-state index in [4.69, 9.17) is 10.5 Å². The van der Waals surface area contributed by atoms with E-state index in [1.807, 2.05) is 20.8 Å². The zero-order chi connectivity index (χ0) is 19.2. The summed E-state index contributed by atoms with van der Waals surface area (Å²) in [4.78, 5) is 23.0. The summed E-state index contributed by atoms with van der Waals surface area (Å²) in [5, 5.41) is 0. The Bertz CT molecular complexity index is 479. The Balaban J connectivity index is 0.00000364. The van der Waals surface area contributed by atoms with Gasteiger partial charge < -0.3 is 25.2 Å². The minimum atomic E-state index is -0.457. The molecule has 0 saturated carbocycles. The van der Waals surface area contributed by atoms with Crippen molar-refractivity contribution in [3.05, 3.63) is 0 Å². The van der Waals surface area contributed by atoms with Crippen LogP contribution in [0.5, 0.6) is 0 Å². The number of ether oxygens (including phenoxy) is 1. The van der Waals surface area contributed by atoms with Crippen molar-refractivity contribution in [2.45, 2.75) is 52.6 Å². The molecule has 0 aromatic carbocycles. The Kier molecular flexibility index (Phi) is 10.1. The third kappa shape index (κ3) is 8.85. The van der Waals surface area contributed by atoms with E-state index in [1.165, 1.54) is 25.9 Å². The lowest BCUT2D eigenvalue weighted by atomic mass is 9.99. The topological polar surface area (TPSA) is 74.4 Å². The third-order valence-corrected chi connectivity index (χ3v) is 5.04. The summed E-state index contributed by atoms with van der Waals surface area (Å²) in [6.07, 6.45) is 3.43. The molecule has 0 unspecified atom stereocenters. The molecular formula is C19H38IN5O2. The molecule has 2 N–H and O–H groups in total. The average Bonchev–Trinajstić information content (AvgIpc) is 2.59. The lowest BCUT2D eigenvalue weighted by Crippen LogP contribution is -2.53. The zero-order valence-electron chi connectivity index (χ0n) is 17.4. The first-order chi connectivity index (χ1) is 12.2. The van der Waals surface area contributed by atoms with Crippen molar-refractivity contribution in [2.24, 2.45) is 16.6 Å². The molecule has 0 aromatic rings. The van der Waals surface area contributed by atoms with Crippen LogP contribution in [0.25, 0.3) is 0 Å². The molecule has 2 rings (SSSR count). The van der Waals surface area contributed by atoms with Gasteiger partial charge in [0.2, 0.25) is 0 Å². The van der Waals surface area contributed by atoms with Gasteiger partial charge in [-0.2, -0.15) is 0 Å². The number of carbonyl (C=O) groups excluding carboxylic acids is 1. The highest BCUT2D eigenvalue weighted by atomic mass is 127. The normalized spacial score (nSPS) is 20.4. The number of halogens is 1. The monoisotopic (exact) mass is 495 g/mol. The van der Waals surface area contributed by atoms with Gasteiger partial charge in [0.25, 0.3) is 0 Å². The first kappa shape index (κ1) is 24.3. The number of amides is 1. The molecule has 1 amide bonds. The number of nitrogens with zero attached hydrogens (tertiary/aromatic N) is 4. The Labute approximate surface area is 181 Å². The predicted molar refractivity (Wildman–Crippen MR) is 121 cm³/mol. The molecule has 2 saturated heterocycles. The number of nitrogens with two attached hydrogens (primary N) is 1. The second-order valence-corrected chi connectivity index (χ2v) is 8.57. The second kappa shape index (κ2) is 11.3. The molecular weight excluding hydrogens is 457 g/mol. The Morgan fingerprint density at radius 3 is 2.19 bits per heavy atom. The molecule has 0 atom stereocenters. The maximum Gasteiger partial charge on any atom is 0.410 e. The van der Waals surface area contributed by atoms with Crippen molar-refractivity contribution < 1.29 is 9.53 Å². The molecule has 0 aromatic heterocycles. The van der Waals surface area contributed by atoms with E-state index in [0.717, 1.165) is 25.4 Å². The van der Waals surface area contributed by atoms with Crippen LogP contribution in [0, 0.1) is 5.92 Å². The van der Waals surface area contributed by atoms with Crippen LogP contribution < -0.4 is 5.73 Å². The largest absolute Gasteiger partial charge is 0.444 e. The van der Waals surface area contributed by atoms with Gasteiger partial charge in [0.05, 0.1) is 0 Å². The minimum absolute atomic E-state index is 0. The van der Waals surface area contributed by atoms with E-state index >= 15 is 0 Å². The second-order valence-electron chi connectivity index (χ2n) is 8.57. The fourth-order valence-corrected chi connectivity index (χ4v) is 3.32. The number of hydrogen-bond donors (Lipinski definition) is 1. The summed E-state index contributed by atoms with van der Waals surface area (Å²) in [7, 11) is 0. The summed E-state index contributed by atoms with van der Waals surface area (Å²) in [6.45, 7) is 15.0. The van der Waals surface area contributed by atoms with E-state index in [9.17, 15) is 4.79 Å². The summed E-state index contributed by atoms with van der Waals surface area (Å²) < 4.78 is 5.42. The van der Waals surface area contributed by atoms with Crippen LogP contribution in [0.2, 0.25) is 0 Å². The van der Waals surface area contributed by atoms with Crippen molar-refractivity contribution in [1.82, 2.24) is 14.7 Å². The van der Waals surface area contributed by atoms with Gasteiger partial charge >= 0.3 is 6.09 Å². The van der Waals surface area contributed by atoms with Gasteiger partial charge in [-0.3, -0.25) is 4.99 Å². The highest BCUT2D eigenvalue weighted by Crippen LogP contribution is 2.16. The molecule has 0 bridgehead atoms. The Hall–Kier alpha value is -0.770. The van der Waals surface area contributed by atoms with Crippen molar-refractivity contribution in [1.29, 1.82) is 0 Å². The quantitative estimate of drug-likeness (QED) is 0.281. The van der Waals surface area contributed by atoms with E-state index in [2.05, 4.69) is 21.7 Å². The van der Waals surface area contributed by atoms with E-state index < -0.39 is 5.60 Å². The van der Waals surface area contributed by atoms with Crippen LogP contribution in [-0.4, -0.2) is 84.7 Å². The first-order valence-electron chi connectivity index (χ1n) is 10.00. The van der Waals surface area contributed by atoms with Crippen LogP contribution >= 0.6 is 24.0 Å². The highest BCUT2D eigenvalue weighted by Gasteiger charge is 2.26. The molecule has 158 valence electrons. The lowest BCUT2D eigenvalue weighted by molar-refractivity contribution is 0.0186. The minimum Gasteiger partial charge on any atom is -0.444 e. The molecule has 8 heteroatoms. The molecule has 2 heterocycles. The lowest BCUT2D eigenvalue weighted by Gasteiger charge is -2.36. The Morgan fingerprint density at radius 1 is 1.07 bits per heavy atom. The van der Waals surface area contributed by atoms with Crippen molar-refractivity contribution >= 4 is 36.0 Å². The molecule has 0 aliphatic carbocycles. The fraction of sp³-hybridized carbons (Fsp3) is 0.895. The number of piperidine rings is 1. The molecule has 2 aliphatic rings. The van der Waals surface area contributed by atoms with Gasteiger partial charge in [0.15, 0.2) is 5.96 Å². The van der Waals surface area contributed by atoms with E-state index in [1.54, 1.807) is 4.90 Å². The average molecular weight is 495 g/mol. The van der Waals surface area contributed by atoms with Crippen molar-refractivity contribution in [3.8, 4) is 0 Å². The number of carbonyl (C=O) groups is 1. The first-order valence-corrected chi connectivity index (χ1v) is 10.00. The van der Waals surface area contributed by atoms with Crippen LogP contribution in [0.1, 0.15) is 47.0 Å². The fourth-order valence-electron chi connectivity index (χ4n) is 3.32. The van der Waals surface area contributed by atoms with Crippen molar-refractivity contribution in [2.75, 3.05) is 52.4 Å². The molecule has 0 spiro atoms. The maximum absolute atomic E-state index is 12.1. The summed E-state index contributed by atoms with van der Waals surface area (Å²) in [5.41, 5.74) is 5.68. The standard InChI is InChI=1S/C19H37N5O2.HI/c1-16-6-10-22(11-7-16)9-5-8-21-17(20)23-12-14-24(15-13-23)18(25)26-19(2,3)4;/h16H,5-15H2,1-4H3,(H2,20,21);1H. The SMILES string of the molecule is CC1CCN(CCCN=C(N)N2CCN(C(=O)OC(C)(C)C)CC2)CC1.I. The number of hydrogen-bond acceptors (Lipinski definition) is 4. The predicted octanol–water partition coefficient (Wildman–Crippen LogP) is 2.59. The molecule has 27 heavy (non-hydrogen) atoms. The Morgan fingerprint density at radius 2 is 1.63 bits per heavy atom. The summed E-state index contributed by atoms with van der Waals surface area (Å²) >= 11 is 0. The highest BCUT2D eigenvalue weighted by molar-refractivity contribution is 14.0. The molecule has 7 nitrogen and oxygen atoms in total. The number of aliphatic imine (C=N–C) groups is 1. The molecule has 2 fully saturated rings. The third-order valence-electron chi connectivity index (χ3n) is 5.04. The van der Waals surface area contributed by atoms with E-state index in [-0.39, 0.29) is 30.1 Å². The van der Waals surface area contributed by atoms with Gasteiger partial charge in [0.1, 0.15) is 5.60 Å². The van der Waals surface area contributed by atoms with Gasteiger partial charge in [-0.1, -0.05) is 6.92 Å². The number of likely N-dealkylation sites (tertiary alicyclic amines) is 1. The van der Waals surface area contributed by atoms with Gasteiger partial charge in [-0.25, -0.2) is 4.79 Å². The maximum atomic E-state index is 12.1. The summed E-state index contributed by atoms with van der Waals surface area (Å²) in [5.74, 6) is 1.47.